The van der Waals surface area contributed by atoms with Gasteiger partial charge in [-0.2, -0.15) is 15.8 Å². The van der Waals surface area contributed by atoms with Crippen LogP contribution in [0, 0.1) is 47.1 Å². The van der Waals surface area contributed by atoms with Crippen LogP contribution in [0.4, 0.5) is 28.4 Å². The average Bonchev–Trinajstić information content (AvgIpc) is 3.10. The minimum Gasteiger partial charge on any atom is -0.308 e. The molecule has 2 unspecified atom stereocenters. The van der Waals surface area contributed by atoms with Gasteiger partial charge in [0.25, 0.3) is 0 Å². The van der Waals surface area contributed by atoms with Crippen molar-refractivity contribution in [1.29, 1.82) is 15.8 Å². The third kappa shape index (κ3) is 3.95. The molecule has 2 aliphatic rings. The van der Waals surface area contributed by atoms with E-state index in [-0.39, 0.29) is 0 Å². The van der Waals surface area contributed by atoms with E-state index in [4.69, 9.17) is 36.8 Å². The largest absolute Gasteiger partial charge is 0.308 e. The van der Waals surface area contributed by atoms with Crippen molar-refractivity contribution in [1.82, 2.24) is 0 Å². The Labute approximate surface area is 270 Å². The van der Waals surface area contributed by atoms with Crippen molar-refractivity contribution in [3.8, 4) is 18.2 Å². The number of anilines is 3. The Bertz CT molecular complexity index is 2320. The van der Waals surface area contributed by atoms with Crippen LogP contribution in [0.5, 0.6) is 0 Å². The second kappa shape index (κ2) is 10.4. The fourth-order valence-electron chi connectivity index (χ4n) is 6.15. The number of hydrogen-bond acceptors (Lipinski definition) is 6. The normalized spacial score (nSPS) is 18.4. The van der Waals surface area contributed by atoms with Crippen molar-refractivity contribution in [3.05, 3.63) is 137 Å². The Balaban J connectivity index is 1.71. The van der Waals surface area contributed by atoms with Gasteiger partial charge in [0.2, 0.25) is 0 Å². The van der Waals surface area contributed by atoms with Crippen molar-refractivity contribution in [2.75, 3.05) is 4.90 Å². The summed E-state index contributed by atoms with van der Waals surface area (Å²) in [5.74, 6) is 0. The first-order chi connectivity index (χ1) is 21.8. The number of hydrogen-bond donors (Lipinski definition) is 0. The molecular weight excluding hydrogens is 631 g/mol. The lowest BCUT2D eigenvalue weighted by atomic mass is 10.1. The quantitative estimate of drug-likeness (QED) is 0.169. The predicted octanol–water partition coefficient (Wildman–Crippen LogP) is 6.01. The van der Waals surface area contributed by atoms with Gasteiger partial charge < -0.3 is 4.90 Å². The second-order valence-corrected chi connectivity index (χ2v) is 19.1. The molecule has 0 radical (unpaired) electrons. The SMILES string of the molecule is [C-]#[N+]c1cccc(P2(=S)c3cc([N+]#[C-])ccc3N3c4ccc(C#N)cc4P(=S)(c4cccc(C#N)c4)c4cc(C#N)cc2c43)c1. The lowest BCUT2D eigenvalue weighted by molar-refractivity contribution is 1.31. The zero-order valence-electron chi connectivity index (χ0n) is 23.1. The maximum atomic E-state index is 10.4. The van der Waals surface area contributed by atoms with E-state index >= 15 is 0 Å². The molecule has 2 atom stereocenters. The lowest BCUT2D eigenvalue weighted by Gasteiger charge is -2.47. The summed E-state index contributed by atoms with van der Waals surface area (Å²) < 4.78 is 0. The minimum atomic E-state index is -2.99. The number of nitrogens with zero attached hydrogens (tertiary/aromatic N) is 6. The van der Waals surface area contributed by atoms with Crippen LogP contribution in [0.25, 0.3) is 9.69 Å². The third-order valence-corrected chi connectivity index (χ3v) is 17.9. The van der Waals surface area contributed by atoms with E-state index in [9.17, 15) is 15.8 Å². The van der Waals surface area contributed by atoms with E-state index in [0.29, 0.717) is 28.1 Å². The van der Waals surface area contributed by atoms with Crippen LogP contribution < -0.4 is 36.7 Å². The monoisotopic (exact) mass is 646 g/mol. The Morgan fingerprint density at radius 2 is 1.07 bits per heavy atom. The van der Waals surface area contributed by atoms with Crippen LogP contribution in [0.3, 0.4) is 0 Å². The zero-order chi connectivity index (χ0) is 31.5. The standard InChI is InChI=1S/C35H16N6P2S2/c1-39-25-6-4-8-28(17-25)43(45)32-18-26(40-2)10-12-30(32)41-29-11-9-23(20-37)14-31(29)42(44,27-7-3-5-22(13-27)19-36)33-15-24(21-38)16-34(43)35(33)41/h3-18H. The summed E-state index contributed by atoms with van der Waals surface area (Å²) in [5, 5.41) is 34.7. The van der Waals surface area contributed by atoms with E-state index in [1.165, 1.54) is 0 Å². The number of benzene rings is 5. The Hall–Kier alpha value is -5.35. The van der Waals surface area contributed by atoms with Crippen molar-refractivity contribution in [3.63, 3.8) is 0 Å². The highest BCUT2D eigenvalue weighted by molar-refractivity contribution is 8.27. The number of rotatable bonds is 2. The molecule has 6 nitrogen and oxygen atoms in total. The highest BCUT2D eigenvalue weighted by atomic mass is 32.4. The van der Waals surface area contributed by atoms with Crippen molar-refractivity contribution >= 4 is 96.0 Å². The summed E-state index contributed by atoms with van der Waals surface area (Å²) in [5.41, 5.74) is 4.52. The molecule has 5 aromatic rings. The van der Waals surface area contributed by atoms with Crippen LogP contribution in [0.1, 0.15) is 16.7 Å². The molecule has 0 spiro atoms. The first kappa shape index (κ1) is 28.4. The smallest absolute Gasteiger partial charge is 0.188 e. The van der Waals surface area contributed by atoms with Crippen molar-refractivity contribution < 1.29 is 0 Å². The molecule has 2 aliphatic heterocycles. The van der Waals surface area contributed by atoms with Crippen LogP contribution in [0.2, 0.25) is 0 Å². The summed E-state index contributed by atoms with van der Waals surface area (Å²) >= 11 is 13.5. The van der Waals surface area contributed by atoms with E-state index in [1.54, 1.807) is 30.3 Å². The van der Waals surface area contributed by atoms with Crippen molar-refractivity contribution in [2.45, 2.75) is 0 Å². The molecule has 7 rings (SSSR count). The summed E-state index contributed by atoms with van der Waals surface area (Å²) in [6.07, 6.45) is 0. The van der Waals surface area contributed by atoms with Gasteiger partial charge in [-0.3, -0.25) is 0 Å². The summed E-state index contributed by atoms with van der Waals surface area (Å²) in [6, 6.07) is 30.0. The van der Waals surface area contributed by atoms with Gasteiger partial charge in [-0.05, 0) is 71.3 Å². The van der Waals surface area contributed by atoms with Gasteiger partial charge in [0, 0.05) is 33.3 Å². The van der Waals surface area contributed by atoms with Gasteiger partial charge in [0.1, 0.15) is 0 Å². The average molecular weight is 647 g/mol. The van der Waals surface area contributed by atoms with Gasteiger partial charge >= 0.3 is 0 Å². The van der Waals surface area contributed by atoms with Gasteiger partial charge in [-0.15, -0.1) is 0 Å². The molecule has 0 saturated carbocycles. The molecule has 0 amide bonds. The van der Waals surface area contributed by atoms with Gasteiger partial charge in [-0.25, -0.2) is 9.69 Å². The van der Waals surface area contributed by atoms with Gasteiger partial charge in [0.15, 0.2) is 11.4 Å². The highest BCUT2D eigenvalue weighted by Crippen LogP contribution is 2.61. The van der Waals surface area contributed by atoms with Crippen molar-refractivity contribution in [2.24, 2.45) is 0 Å². The van der Waals surface area contributed by atoms with Gasteiger partial charge in [-0.1, -0.05) is 60.0 Å². The summed E-state index contributed by atoms with van der Waals surface area (Å²) in [7, 11) is 0. The molecule has 0 bridgehead atoms. The first-order valence-electron chi connectivity index (χ1n) is 13.5. The molecule has 2 heterocycles. The topological polar surface area (TPSA) is 83.3 Å². The van der Waals surface area contributed by atoms with E-state index in [2.05, 4.69) is 32.8 Å². The molecule has 0 saturated heterocycles. The number of fused-ring (bicyclic) bond motifs is 4. The number of nitriles is 3. The molecule has 45 heavy (non-hydrogen) atoms. The van der Waals surface area contributed by atoms with Gasteiger partial charge in [0.05, 0.1) is 65.1 Å². The van der Waals surface area contributed by atoms with E-state index in [1.807, 2.05) is 66.7 Å². The highest BCUT2D eigenvalue weighted by Gasteiger charge is 2.46. The van der Waals surface area contributed by atoms with Crippen LogP contribution >= 0.6 is 12.1 Å². The molecule has 5 aromatic carbocycles. The maximum Gasteiger partial charge on any atom is 0.188 e. The summed E-state index contributed by atoms with van der Waals surface area (Å²) in [4.78, 5) is 9.49. The Morgan fingerprint density at radius 3 is 1.69 bits per heavy atom. The van der Waals surface area contributed by atoms with Crippen LogP contribution in [-0.2, 0) is 23.6 Å². The lowest BCUT2D eigenvalue weighted by Crippen LogP contribution is -2.46. The Kier molecular flexibility index (Phi) is 6.56. The fourth-order valence-corrected chi connectivity index (χ4v) is 14.8. The molecule has 0 N–H and O–H groups in total. The molecule has 208 valence electrons. The van der Waals surface area contributed by atoms with Crippen LogP contribution in [0.15, 0.2) is 97.1 Å². The molecule has 0 aromatic heterocycles. The molecule has 0 fully saturated rings. The Morgan fingerprint density at radius 1 is 0.556 bits per heavy atom. The first-order valence-corrected chi connectivity index (χ1v) is 19.1. The molecule has 0 aliphatic carbocycles. The summed E-state index contributed by atoms with van der Waals surface area (Å²) in [6.45, 7) is 15.5. The predicted molar refractivity (Wildman–Crippen MR) is 187 cm³/mol. The molecular formula is C35H16N6P2S2. The van der Waals surface area contributed by atoms with E-state index < -0.39 is 12.1 Å². The van der Waals surface area contributed by atoms with E-state index in [0.717, 1.165) is 48.9 Å². The zero-order valence-corrected chi connectivity index (χ0v) is 26.6. The van der Waals surface area contributed by atoms with Crippen LogP contribution in [-0.4, -0.2) is 0 Å². The fraction of sp³-hybridized carbons (Fsp3) is 0. The maximum absolute atomic E-state index is 10.4. The second-order valence-electron chi connectivity index (χ2n) is 10.4. The third-order valence-electron chi connectivity index (χ3n) is 8.12. The molecule has 10 heteroatoms. The minimum absolute atomic E-state index is 0.384.